The zero-order valence-corrected chi connectivity index (χ0v) is 26.2. The van der Waals surface area contributed by atoms with Crippen molar-refractivity contribution in [2.24, 2.45) is 4.99 Å². The average Bonchev–Trinajstić information content (AvgIpc) is 3.37. The van der Waals surface area contributed by atoms with Gasteiger partial charge in [0.2, 0.25) is 0 Å². The van der Waals surface area contributed by atoms with Gasteiger partial charge in [0, 0.05) is 5.56 Å². The van der Waals surface area contributed by atoms with E-state index >= 15 is 0 Å². The third-order valence-corrected chi connectivity index (χ3v) is 8.68. The zero-order chi connectivity index (χ0) is 31.5. The van der Waals surface area contributed by atoms with Crippen LogP contribution >= 0.6 is 11.3 Å². The minimum atomic E-state index is -0.822. The van der Waals surface area contributed by atoms with Crippen LogP contribution in [0.3, 0.4) is 0 Å². The first-order valence-electron chi connectivity index (χ1n) is 14.5. The molecule has 1 aliphatic heterocycles. The van der Waals surface area contributed by atoms with Crippen LogP contribution in [0.4, 0.5) is 0 Å². The summed E-state index contributed by atoms with van der Waals surface area (Å²) < 4.78 is 24.7. The third-order valence-electron chi connectivity index (χ3n) is 7.70. The van der Waals surface area contributed by atoms with Crippen molar-refractivity contribution in [1.29, 1.82) is 0 Å². The number of fused-ring (bicyclic) bond motifs is 2. The highest BCUT2D eigenvalue weighted by Crippen LogP contribution is 2.37. The van der Waals surface area contributed by atoms with Crippen molar-refractivity contribution >= 4 is 34.2 Å². The van der Waals surface area contributed by atoms with Gasteiger partial charge in [0.15, 0.2) is 4.80 Å². The summed E-state index contributed by atoms with van der Waals surface area (Å²) in [6.45, 7) is 4.11. The van der Waals surface area contributed by atoms with E-state index in [1.165, 1.54) is 26.7 Å². The van der Waals surface area contributed by atoms with Gasteiger partial charge in [0.25, 0.3) is 5.56 Å². The Morgan fingerprint density at radius 2 is 1.71 bits per heavy atom. The predicted octanol–water partition coefficient (Wildman–Crippen LogP) is 5.55. The zero-order valence-electron chi connectivity index (χ0n) is 25.4. The number of esters is 1. The van der Waals surface area contributed by atoms with Crippen LogP contribution in [-0.4, -0.2) is 31.4 Å². The van der Waals surface area contributed by atoms with Crippen molar-refractivity contribution in [3.05, 3.63) is 133 Å². The summed E-state index contributed by atoms with van der Waals surface area (Å²) in [6, 6.07) is 26.5. The Kier molecular flexibility index (Phi) is 8.53. The highest BCUT2D eigenvalue weighted by molar-refractivity contribution is 7.07. The highest BCUT2D eigenvalue weighted by atomic mass is 32.1. The highest BCUT2D eigenvalue weighted by Gasteiger charge is 2.35. The third kappa shape index (κ3) is 5.86. The van der Waals surface area contributed by atoms with E-state index in [9.17, 15) is 9.59 Å². The summed E-state index contributed by atoms with van der Waals surface area (Å²) in [5.41, 5.74) is 3.00. The van der Waals surface area contributed by atoms with Gasteiger partial charge in [0.1, 0.15) is 29.9 Å². The van der Waals surface area contributed by atoms with E-state index in [2.05, 4.69) is 29.3 Å². The monoisotopic (exact) mass is 620 g/mol. The Hall–Kier alpha value is -5.15. The molecule has 45 heavy (non-hydrogen) atoms. The number of allylic oxidation sites excluding steroid dienone is 1. The molecule has 0 saturated heterocycles. The molecule has 228 valence electrons. The lowest BCUT2D eigenvalue weighted by Crippen LogP contribution is -2.40. The maximum absolute atomic E-state index is 14.0. The quantitative estimate of drug-likeness (QED) is 0.201. The number of carbonyl (C=O) groups is 1. The van der Waals surface area contributed by atoms with Gasteiger partial charge in [-0.3, -0.25) is 9.36 Å². The normalized spacial score (nSPS) is 14.6. The van der Waals surface area contributed by atoms with E-state index in [0.717, 1.165) is 16.9 Å². The van der Waals surface area contributed by atoms with Crippen molar-refractivity contribution in [2.75, 3.05) is 20.8 Å². The molecule has 9 heteroatoms. The van der Waals surface area contributed by atoms with Crippen LogP contribution in [0.5, 0.6) is 17.2 Å². The van der Waals surface area contributed by atoms with Crippen LogP contribution < -0.4 is 29.1 Å². The van der Waals surface area contributed by atoms with Gasteiger partial charge in [-0.2, -0.15) is 0 Å². The van der Waals surface area contributed by atoms with Crippen molar-refractivity contribution in [3.8, 4) is 17.2 Å². The molecule has 2 heterocycles. The number of benzene rings is 4. The maximum Gasteiger partial charge on any atom is 0.338 e. The summed E-state index contributed by atoms with van der Waals surface area (Å²) in [5, 5.41) is 2.34. The Morgan fingerprint density at radius 3 is 2.47 bits per heavy atom. The molecule has 0 spiro atoms. The van der Waals surface area contributed by atoms with E-state index in [-0.39, 0.29) is 17.7 Å². The number of carbonyl (C=O) groups excluding carboxylic acids is 1. The van der Waals surface area contributed by atoms with Crippen LogP contribution in [0, 0.1) is 0 Å². The molecule has 4 aromatic carbocycles. The summed E-state index contributed by atoms with van der Waals surface area (Å²) in [5.74, 6) is 1.25. The fourth-order valence-corrected chi connectivity index (χ4v) is 6.58. The van der Waals surface area contributed by atoms with E-state index in [0.29, 0.717) is 38.7 Å². The number of hydrogen-bond acceptors (Lipinski definition) is 8. The van der Waals surface area contributed by atoms with Crippen molar-refractivity contribution in [3.63, 3.8) is 0 Å². The first-order valence-corrected chi connectivity index (χ1v) is 15.3. The van der Waals surface area contributed by atoms with Crippen LogP contribution in [0.2, 0.25) is 0 Å². The molecule has 5 aromatic rings. The van der Waals surface area contributed by atoms with Crippen molar-refractivity contribution in [1.82, 2.24) is 4.57 Å². The fraction of sp³-hybridized carbons (Fsp3) is 0.194. The lowest BCUT2D eigenvalue weighted by Gasteiger charge is -2.26. The SMILES string of the molecule is CCOC(=O)C1=C(C)N=c2s/c(=C/c3ccc(OCc4cccc5ccccc45)cc3)c(=O)n2[C@H]1c1cc(OC)ccc1OC. The van der Waals surface area contributed by atoms with Crippen LogP contribution in [0.1, 0.15) is 36.6 Å². The lowest BCUT2D eigenvalue weighted by molar-refractivity contribution is -0.139. The Morgan fingerprint density at radius 1 is 0.956 bits per heavy atom. The van der Waals surface area contributed by atoms with E-state index in [4.69, 9.17) is 18.9 Å². The minimum absolute atomic E-state index is 0.184. The molecule has 8 nitrogen and oxygen atoms in total. The molecule has 1 aliphatic rings. The molecule has 0 amide bonds. The number of methoxy groups -OCH3 is 2. The van der Waals surface area contributed by atoms with Crippen molar-refractivity contribution < 1.29 is 23.7 Å². The fourth-order valence-electron chi connectivity index (χ4n) is 5.53. The Bertz CT molecular complexity index is 2110. The molecule has 0 bridgehead atoms. The standard InChI is InChI=1S/C36H32N2O6S/c1-5-43-35(40)32-22(2)37-36-38(33(32)29-20-27(41-3)17-18-30(29)42-4)34(39)31(45-36)19-23-13-15-26(16-14-23)44-21-25-11-8-10-24-9-6-7-12-28(24)25/h6-20,33H,5,21H2,1-4H3/b31-19+/t33-/m0/s1. The largest absolute Gasteiger partial charge is 0.497 e. The van der Waals surface area contributed by atoms with Gasteiger partial charge in [-0.05, 0) is 72.2 Å². The maximum atomic E-state index is 14.0. The van der Waals surface area contributed by atoms with Crippen LogP contribution in [0.15, 0.2) is 106 Å². The lowest BCUT2D eigenvalue weighted by atomic mass is 9.94. The number of thiazole rings is 1. The molecular weight excluding hydrogens is 588 g/mol. The predicted molar refractivity (Wildman–Crippen MR) is 175 cm³/mol. The van der Waals surface area contributed by atoms with Gasteiger partial charge in [-0.1, -0.05) is 65.9 Å². The average molecular weight is 621 g/mol. The second kappa shape index (κ2) is 12.8. The first-order chi connectivity index (χ1) is 21.9. The Labute approximate surface area is 264 Å². The number of hydrogen-bond donors (Lipinski definition) is 0. The van der Waals surface area contributed by atoms with E-state index < -0.39 is 12.0 Å². The topological polar surface area (TPSA) is 88.4 Å². The van der Waals surface area contributed by atoms with Gasteiger partial charge < -0.3 is 18.9 Å². The first kappa shape index (κ1) is 29.9. The molecule has 0 unspecified atom stereocenters. The van der Waals surface area contributed by atoms with Gasteiger partial charge in [-0.25, -0.2) is 9.79 Å². The second-order valence-electron chi connectivity index (χ2n) is 10.4. The molecule has 0 N–H and O–H groups in total. The number of rotatable bonds is 9. The molecule has 0 aliphatic carbocycles. The second-order valence-corrected chi connectivity index (χ2v) is 11.4. The van der Waals surface area contributed by atoms with E-state index in [1.807, 2.05) is 48.5 Å². The smallest absolute Gasteiger partial charge is 0.338 e. The molecule has 1 atom stereocenters. The molecular formula is C36H32N2O6S. The summed E-state index contributed by atoms with van der Waals surface area (Å²) in [7, 11) is 3.11. The molecule has 0 fully saturated rings. The molecule has 0 saturated carbocycles. The molecule has 0 radical (unpaired) electrons. The van der Waals surface area contributed by atoms with E-state index in [1.54, 1.807) is 46.3 Å². The van der Waals surface area contributed by atoms with Gasteiger partial charge in [-0.15, -0.1) is 0 Å². The minimum Gasteiger partial charge on any atom is -0.497 e. The van der Waals surface area contributed by atoms with Crippen LogP contribution in [0.25, 0.3) is 16.8 Å². The number of ether oxygens (including phenoxy) is 4. The van der Waals surface area contributed by atoms with Gasteiger partial charge in [0.05, 0.1) is 36.6 Å². The summed E-state index contributed by atoms with van der Waals surface area (Å²) in [4.78, 5) is 32.4. The Balaban J connectivity index is 1.36. The van der Waals surface area contributed by atoms with Crippen molar-refractivity contribution in [2.45, 2.75) is 26.5 Å². The summed E-state index contributed by atoms with van der Waals surface area (Å²) in [6.07, 6.45) is 1.82. The molecule has 1 aromatic heterocycles. The summed E-state index contributed by atoms with van der Waals surface area (Å²) >= 11 is 1.26. The molecule has 6 rings (SSSR count). The van der Waals surface area contributed by atoms with Gasteiger partial charge >= 0.3 is 5.97 Å². The number of aromatic nitrogens is 1. The number of nitrogens with zero attached hydrogens (tertiary/aromatic N) is 2. The van der Waals surface area contributed by atoms with Crippen LogP contribution in [-0.2, 0) is 16.1 Å².